The first-order valence-electron chi connectivity index (χ1n) is 12.6. The molecule has 0 fully saturated rings. The van der Waals surface area contributed by atoms with Crippen LogP contribution in [0.25, 0.3) is 0 Å². The molecule has 4 aromatic rings. The predicted molar refractivity (Wildman–Crippen MR) is 149 cm³/mol. The number of halogens is 1. The van der Waals surface area contributed by atoms with Gasteiger partial charge in [0.05, 0.1) is 26.3 Å². The molecule has 4 rings (SSSR count). The lowest BCUT2D eigenvalue weighted by Gasteiger charge is -2.32. The van der Waals surface area contributed by atoms with Gasteiger partial charge >= 0.3 is 0 Å². The van der Waals surface area contributed by atoms with Gasteiger partial charge in [-0.1, -0.05) is 66.7 Å². The number of benzene rings is 4. The van der Waals surface area contributed by atoms with Crippen LogP contribution in [0.4, 0.5) is 10.1 Å². The number of rotatable bonds is 10. The highest BCUT2D eigenvalue weighted by Gasteiger charge is 2.32. The van der Waals surface area contributed by atoms with E-state index in [0.717, 1.165) is 16.7 Å². The molecule has 1 N–H and O–H groups in total. The second-order valence-electron chi connectivity index (χ2n) is 9.12. The van der Waals surface area contributed by atoms with E-state index < -0.39 is 17.8 Å². The second-order valence-corrected chi connectivity index (χ2v) is 9.12. The van der Waals surface area contributed by atoms with Crippen LogP contribution in [0.3, 0.4) is 0 Å². The van der Waals surface area contributed by atoms with Crippen molar-refractivity contribution in [3.63, 3.8) is 0 Å². The van der Waals surface area contributed by atoms with Crippen LogP contribution in [0.5, 0.6) is 11.5 Å². The van der Waals surface area contributed by atoms with Gasteiger partial charge in [-0.15, -0.1) is 0 Å². The Morgan fingerprint density at radius 2 is 1.56 bits per heavy atom. The molecule has 39 heavy (non-hydrogen) atoms. The maximum absolute atomic E-state index is 14.0. The van der Waals surface area contributed by atoms with E-state index in [1.165, 1.54) is 31.4 Å². The second kappa shape index (κ2) is 12.7. The number of hydrogen-bond acceptors (Lipinski definition) is 4. The Bertz CT molecular complexity index is 1420. The topological polar surface area (TPSA) is 67.9 Å². The highest BCUT2D eigenvalue weighted by Crippen LogP contribution is 2.32. The van der Waals surface area contributed by atoms with Gasteiger partial charge in [-0.05, 0) is 53.4 Å². The summed E-state index contributed by atoms with van der Waals surface area (Å²) >= 11 is 0. The van der Waals surface area contributed by atoms with Gasteiger partial charge in [-0.3, -0.25) is 9.59 Å². The molecule has 2 amide bonds. The number of hydrogen-bond donors (Lipinski definition) is 1. The molecular formula is C32H31FN2O4. The van der Waals surface area contributed by atoms with Gasteiger partial charge in [0.25, 0.3) is 5.91 Å². The molecule has 6 nitrogen and oxygen atoms in total. The van der Waals surface area contributed by atoms with Crippen LogP contribution in [0.2, 0.25) is 0 Å². The van der Waals surface area contributed by atoms with Crippen molar-refractivity contribution >= 4 is 17.5 Å². The average Bonchev–Trinajstić information content (AvgIpc) is 2.95. The molecule has 0 saturated heterocycles. The van der Waals surface area contributed by atoms with Crippen LogP contribution in [0.1, 0.15) is 28.3 Å². The monoisotopic (exact) mass is 526 g/mol. The van der Waals surface area contributed by atoms with Gasteiger partial charge in [-0.25, -0.2) is 4.39 Å². The minimum Gasteiger partial charge on any atom is -0.497 e. The number of anilines is 1. The first-order chi connectivity index (χ1) is 18.9. The number of carbonyl (C=O) groups is 2. The molecule has 200 valence electrons. The highest BCUT2D eigenvalue weighted by atomic mass is 19.1. The zero-order chi connectivity index (χ0) is 27.8. The molecule has 0 aromatic heterocycles. The van der Waals surface area contributed by atoms with E-state index >= 15 is 0 Å². The standard InChI is InChI=1S/C32H31FN2O4/c1-22-9-7-8-12-25(22)21-35(30(36)19-23-10-5-4-6-11-23)31(24-13-15-26(33)16-14-24)32(37)34-28-18-17-27(38-2)20-29(28)39-3/h4-18,20,31H,19,21H2,1-3H3,(H,34,37). The Balaban J connectivity index is 1.77. The fourth-order valence-electron chi connectivity index (χ4n) is 4.39. The van der Waals surface area contributed by atoms with Crippen molar-refractivity contribution in [2.75, 3.05) is 19.5 Å². The molecule has 4 aromatic carbocycles. The summed E-state index contributed by atoms with van der Waals surface area (Å²) in [5.74, 6) is -0.160. The molecule has 0 radical (unpaired) electrons. The Hall–Kier alpha value is -4.65. The fourth-order valence-corrected chi connectivity index (χ4v) is 4.39. The summed E-state index contributed by atoms with van der Waals surface area (Å²) in [5, 5.41) is 2.92. The fraction of sp³-hybridized carbons (Fsp3) is 0.188. The van der Waals surface area contributed by atoms with E-state index in [1.54, 1.807) is 30.2 Å². The number of carbonyl (C=O) groups excluding carboxylic acids is 2. The molecule has 1 unspecified atom stereocenters. The molecule has 0 aliphatic rings. The number of methoxy groups -OCH3 is 2. The van der Waals surface area contributed by atoms with Crippen LogP contribution < -0.4 is 14.8 Å². The van der Waals surface area contributed by atoms with Crippen molar-refractivity contribution in [1.82, 2.24) is 4.90 Å². The zero-order valence-corrected chi connectivity index (χ0v) is 22.2. The molecule has 1 atom stereocenters. The molecule has 0 aliphatic carbocycles. The average molecular weight is 527 g/mol. The van der Waals surface area contributed by atoms with Crippen LogP contribution in [-0.4, -0.2) is 30.9 Å². The third kappa shape index (κ3) is 6.82. The van der Waals surface area contributed by atoms with E-state index in [2.05, 4.69) is 5.32 Å². The summed E-state index contributed by atoms with van der Waals surface area (Å²) in [6, 6.07) is 26.7. The van der Waals surface area contributed by atoms with E-state index in [4.69, 9.17) is 9.47 Å². The molecular weight excluding hydrogens is 495 g/mol. The first-order valence-corrected chi connectivity index (χ1v) is 12.6. The minimum atomic E-state index is -1.05. The Morgan fingerprint density at radius 3 is 2.23 bits per heavy atom. The lowest BCUT2D eigenvalue weighted by molar-refractivity contribution is -0.139. The van der Waals surface area contributed by atoms with Crippen molar-refractivity contribution in [2.24, 2.45) is 0 Å². The van der Waals surface area contributed by atoms with E-state index in [1.807, 2.05) is 61.5 Å². The van der Waals surface area contributed by atoms with Crippen molar-refractivity contribution < 1.29 is 23.5 Å². The van der Waals surface area contributed by atoms with Gasteiger partial charge in [0.2, 0.25) is 5.91 Å². The van der Waals surface area contributed by atoms with Crippen LogP contribution >= 0.6 is 0 Å². The van der Waals surface area contributed by atoms with Gasteiger partial charge in [-0.2, -0.15) is 0 Å². The maximum Gasteiger partial charge on any atom is 0.251 e. The molecule has 0 bridgehead atoms. The number of aryl methyl sites for hydroxylation is 1. The molecule has 0 aliphatic heterocycles. The number of ether oxygens (including phenoxy) is 2. The number of nitrogens with one attached hydrogen (secondary N) is 1. The van der Waals surface area contributed by atoms with Gasteiger partial charge < -0.3 is 19.7 Å². The van der Waals surface area contributed by atoms with E-state index in [9.17, 15) is 14.0 Å². The summed E-state index contributed by atoms with van der Waals surface area (Å²) in [4.78, 5) is 29.5. The summed E-state index contributed by atoms with van der Waals surface area (Å²) in [5.41, 5.74) is 3.62. The summed E-state index contributed by atoms with van der Waals surface area (Å²) in [6.45, 7) is 2.15. The number of amides is 2. The summed E-state index contributed by atoms with van der Waals surface area (Å²) in [6.07, 6.45) is 0.101. The minimum absolute atomic E-state index is 0.101. The Morgan fingerprint density at radius 1 is 0.872 bits per heavy atom. The zero-order valence-electron chi connectivity index (χ0n) is 22.2. The normalized spacial score (nSPS) is 11.4. The van der Waals surface area contributed by atoms with E-state index in [0.29, 0.717) is 22.7 Å². The van der Waals surface area contributed by atoms with Crippen LogP contribution in [0.15, 0.2) is 97.1 Å². The molecule has 7 heteroatoms. The van der Waals surface area contributed by atoms with Gasteiger partial charge in [0.15, 0.2) is 0 Å². The predicted octanol–water partition coefficient (Wildman–Crippen LogP) is 6.10. The van der Waals surface area contributed by atoms with Crippen molar-refractivity contribution in [3.8, 4) is 11.5 Å². The molecule has 0 heterocycles. The third-order valence-electron chi connectivity index (χ3n) is 6.53. The quantitative estimate of drug-likeness (QED) is 0.271. The maximum atomic E-state index is 14.0. The third-order valence-corrected chi connectivity index (χ3v) is 6.53. The Kier molecular flexibility index (Phi) is 8.94. The number of nitrogens with zero attached hydrogens (tertiary/aromatic N) is 1. The smallest absolute Gasteiger partial charge is 0.251 e. The van der Waals surface area contributed by atoms with E-state index in [-0.39, 0.29) is 18.9 Å². The van der Waals surface area contributed by atoms with Gasteiger partial charge in [0.1, 0.15) is 23.4 Å². The lowest BCUT2D eigenvalue weighted by Crippen LogP contribution is -2.41. The molecule has 0 saturated carbocycles. The van der Waals surface area contributed by atoms with Gasteiger partial charge in [0, 0.05) is 12.6 Å². The largest absolute Gasteiger partial charge is 0.497 e. The van der Waals surface area contributed by atoms with Crippen molar-refractivity contribution in [1.29, 1.82) is 0 Å². The summed E-state index contributed by atoms with van der Waals surface area (Å²) < 4.78 is 24.6. The van der Waals surface area contributed by atoms with Crippen molar-refractivity contribution in [2.45, 2.75) is 25.9 Å². The first kappa shape index (κ1) is 27.4. The Labute approximate surface area is 228 Å². The van der Waals surface area contributed by atoms with Crippen LogP contribution in [0, 0.1) is 12.7 Å². The summed E-state index contributed by atoms with van der Waals surface area (Å²) in [7, 11) is 3.04. The van der Waals surface area contributed by atoms with Crippen molar-refractivity contribution in [3.05, 3.63) is 125 Å². The highest BCUT2D eigenvalue weighted by molar-refractivity contribution is 5.99. The SMILES string of the molecule is COc1ccc(NC(=O)C(c2ccc(F)cc2)N(Cc2ccccc2C)C(=O)Cc2ccccc2)c(OC)c1. The lowest BCUT2D eigenvalue weighted by atomic mass is 10.00. The van der Waals surface area contributed by atoms with Crippen LogP contribution in [-0.2, 0) is 22.6 Å². The molecule has 0 spiro atoms.